The van der Waals surface area contributed by atoms with E-state index < -0.39 is 7.12 Å². The van der Waals surface area contributed by atoms with Crippen LogP contribution in [0.4, 0.5) is 0 Å². The van der Waals surface area contributed by atoms with Gasteiger partial charge < -0.3 is 19.4 Å². The van der Waals surface area contributed by atoms with E-state index in [1.807, 2.05) is 12.1 Å². The van der Waals surface area contributed by atoms with E-state index in [9.17, 15) is 0 Å². The molecule has 2 aliphatic rings. The molecule has 1 atom stereocenters. The van der Waals surface area contributed by atoms with Crippen molar-refractivity contribution < 1.29 is 14.0 Å². The van der Waals surface area contributed by atoms with Crippen LogP contribution in [0.1, 0.15) is 38.8 Å². The first-order chi connectivity index (χ1) is 11.2. The average Bonchev–Trinajstić information content (AvgIpc) is 2.71. The van der Waals surface area contributed by atoms with E-state index >= 15 is 0 Å². The van der Waals surface area contributed by atoms with Gasteiger partial charge in [-0.05, 0) is 69.8 Å². The van der Waals surface area contributed by atoms with Gasteiger partial charge >= 0.3 is 7.12 Å². The molecule has 0 spiro atoms. The Labute approximate surface area is 150 Å². The van der Waals surface area contributed by atoms with Crippen molar-refractivity contribution in [3.63, 3.8) is 0 Å². The number of morpholine rings is 1. The molecule has 0 amide bonds. The van der Waals surface area contributed by atoms with Crippen molar-refractivity contribution in [1.29, 1.82) is 0 Å². The van der Waals surface area contributed by atoms with Crippen LogP contribution < -0.4 is 10.8 Å². The van der Waals surface area contributed by atoms with Gasteiger partial charge in [0.25, 0.3) is 0 Å². The third kappa shape index (κ3) is 3.51. The standard InChI is InChI=1S/C18H27BClNO3/c1-12-8-13(20)9-16(15(12)10-14-11-21-6-7-22-14)19-23-17(2,3)18(4,5)24-19/h8-9,14,21H,6-7,10-11H2,1-5H3. The summed E-state index contributed by atoms with van der Waals surface area (Å²) in [5.74, 6) is 0. The highest BCUT2D eigenvalue weighted by molar-refractivity contribution is 6.63. The maximum absolute atomic E-state index is 6.33. The lowest BCUT2D eigenvalue weighted by atomic mass is 9.73. The molecule has 1 unspecified atom stereocenters. The maximum atomic E-state index is 6.33. The summed E-state index contributed by atoms with van der Waals surface area (Å²) < 4.78 is 18.4. The number of nitrogens with one attached hydrogen (secondary N) is 1. The van der Waals surface area contributed by atoms with Crippen molar-refractivity contribution in [2.24, 2.45) is 0 Å². The molecule has 2 aliphatic heterocycles. The first kappa shape index (κ1) is 18.2. The zero-order valence-electron chi connectivity index (χ0n) is 15.2. The van der Waals surface area contributed by atoms with E-state index in [0.29, 0.717) is 5.02 Å². The lowest BCUT2D eigenvalue weighted by molar-refractivity contribution is 0.00578. The summed E-state index contributed by atoms with van der Waals surface area (Å²) in [6.45, 7) is 12.9. The monoisotopic (exact) mass is 351 g/mol. The highest BCUT2D eigenvalue weighted by atomic mass is 35.5. The van der Waals surface area contributed by atoms with Crippen molar-refractivity contribution in [2.75, 3.05) is 19.7 Å². The Balaban J connectivity index is 1.92. The molecule has 6 heteroatoms. The number of hydrogen-bond donors (Lipinski definition) is 1. The molecule has 0 radical (unpaired) electrons. The topological polar surface area (TPSA) is 39.7 Å². The van der Waals surface area contributed by atoms with Gasteiger partial charge in [-0.1, -0.05) is 11.6 Å². The molecule has 2 saturated heterocycles. The van der Waals surface area contributed by atoms with Crippen LogP contribution in [0.25, 0.3) is 0 Å². The minimum absolute atomic E-state index is 0.166. The summed E-state index contributed by atoms with van der Waals surface area (Å²) in [6.07, 6.45) is 0.995. The average molecular weight is 352 g/mol. The number of halogens is 1. The minimum Gasteiger partial charge on any atom is -0.399 e. The van der Waals surface area contributed by atoms with Crippen LogP contribution in [0.2, 0.25) is 5.02 Å². The zero-order valence-corrected chi connectivity index (χ0v) is 16.0. The van der Waals surface area contributed by atoms with Gasteiger partial charge in [-0.15, -0.1) is 0 Å². The number of rotatable bonds is 3. The van der Waals surface area contributed by atoms with Gasteiger partial charge in [0.05, 0.1) is 23.9 Å². The van der Waals surface area contributed by atoms with Gasteiger partial charge in [-0.3, -0.25) is 0 Å². The fourth-order valence-electron chi connectivity index (χ4n) is 3.24. The molecular weight excluding hydrogens is 324 g/mol. The summed E-state index contributed by atoms with van der Waals surface area (Å²) in [4.78, 5) is 0. The zero-order chi connectivity index (χ0) is 17.5. The quantitative estimate of drug-likeness (QED) is 0.849. The van der Waals surface area contributed by atoms with Gasteiger partial charge in [0.2, 0.25) is 0 Å². The summed E-state index contributed by atoms with van der Waals surface area (Å²) in [5.41, 5.74) is 2.66. The van der Waals surface area contributed by atoms with Crippen LogP contribution in [-0.2, 0) is 20.5 Å². The van der Waals surface area contributed by atoms with Crippen LogP contribution in [0, 0.1) is 6.92 Å². The second kappa shape index (κ2) is 6.62. The molecule has 4 nitrogen and oxygen atoms in total. The SMILES string of the molecule is Cc1cc(Cl)cc(B2OC(C)(C)C(C)(C)O2)c1CC1CNCCO1. The Bertz CT molecular complexity index is 599. The lowest BCUT2D eigenvalue weighted by Gasteiger charge is -2.32. The first-order valence-corrected chi connectivity index (χ1v) is 9.04. The molecule has 132 valence electrons. The third-order valence-corrected chi connectivity index (χ3v) is 5.63. The number of ether oxygens (including phenoxy) is 1. The summed E-state index contributed by atoms with van der Waals surface area (Å²) >= 11 is 6.33. The fourth-order valence-corrected chi connectivity index (χ4v) is 3.52. The molecule has 2 fully saturated rings. The van der Waals surface area contributed by atoms with E-state index in [4.69, 9.17) is 25.6 Å². The van der Waals surface area contributed by atoms with Crippen molar-refractivity contribution in [3.05, 3.63) is 28.3 Å². The summed E-state index contributed by atoms with van der Waals surface area (Å²) in [5, 5.41) is 4.10. The molecule has 0 aliphatic carbocycles. The van der Waals surface area contributed by atoms with E-state index in [0.717, 1.165) is 37.1 Å². The Morgan fingerprint density at radius 1 is 1.21 bits per heavy atom. The Kier molecular flexibility index (Phi) is 5.02. The van der Waals surface area contributed by atoms with Gasteiger partial charge in [0.15, 0.2) is 0 Å². The molecule has 2 heterocycles. The fraction of sp³-hybridized carbons (Fsp3) is 0.667. The second-order valence-corrected chi connectivity index (χ2v) is 8.22. The molecule has 3 rings (SSSR count). The molecule has 0 saturated carbocycles. The number of benzene rings is 1. The van der Waals surface area contributed by atoms with E-state index in [1.54, 1.807) is 0 Å². The highest BCUT2D eigenvalue weighted by Crippen LogP contribution is 2.37. The van der Waals surface area contributed by atoms with Crippen molar-refractivity contribution >= 4 is 24.2 Å². The predicted molar refractivity (Wildman–Crippen MR) is 98.2 cm³/mol. The van der Waals surface area contributed by atoms with Crippen LogP contribution in [-0.4, -0.2) is 44.1 Å². The van der Waals surface area contributed by atoms with E-state index in [-0.39, 0.29) is 17.3 Å². The van der Waals surface area contributed by atoms with Gasteiger partial charge in [-0.2, -0.15) is 0 Å². The van der Waals surface area contributed by atoms with Gasteiger partial charge in [0, 0.05) is 18.1 Å². The van der Waals surface area contributed by atoms with Gasteiger partial charge in [-0.25, -0.2) is 0 Å². The molecule has 0 bridgehead atoms. The summed E-state index contributed by atoms with van der Waals surface area (Å²) in [6, 6.07) is 3.98. The molecule has 1 N–H and O–H groups in total. The molecule has 1 aromatic rings. The Hall–Kier alpha value is -0.585. The number of aryl methyl sites for hydroxylation is 1. The Morgan fingerprint density at radius 3 is 2.46 bits per heavy atom. The van der Waals surface area contributed by atoms with Gasteiger partial charge in [0.1, 0.15) is 0 Å². The lowest BCUT2D eigenvalue weighted by Crippen LogP contribution is -2.43. The van der Waals surface area contributed by atoms with Crippen molar-refractivity contribution in [2.45, 2.75) is 58.3 Å². The highest BCUT2D eigenvalue weighted by Gasteiger charge is 2.52. The third-order valence-electron chi connectivity index (χ3n) is 5.42. The van der Waals surface area contributed by atoms with E-state index in [2.05, 4.69) is 39.9 Å². The smallest absolute Gasteiger partial charge is 0.399 e. The van der Waals surface area contributed by atoms with Crippen molar-refractivity contribution in [1.82, 2.24) is 5.32 Å². The Morgan fingerprint density at radius 2 is 1.88 bits per heavy atom. The van der Waals surface area contributed by atoms with E-state index in [1.165, 1.54) is 5.56 Å². The molecule has 1 aromatic carbocycles. The molecule has 0 aromatic heterocycles. The van der Waals surface area contributed by atoms with Crippen LogP contribution in [0.5, 0.6) is 0 Å². The van der Waals surface area contributed by atoms with Crippen LogP contribution in [0.3, 0.4) is 0 Å². The molecule has 24 heavy (non-hydrogen) atoms. The van der Waals surface area contributed by atoms with Crippen LogP contribution >= 0.6 is 11.6 Å². The van der Waals surface area contributed by atoms with Crippen molar-refractivity contribution in [3.8, 4) is 0 Å². The largest absolute Gasteiger partial charge is 0.495 e. The minimum atomic E-state index is -0.404. The first-order valence-electron chi connectivity index (χ1n) is 8.66. The normalized spacial score (nSPS) is 25.9. The maximum Gasteiger partial charge on any atom is 0.495 e. The predicted octanol–water partition coefficient (Wildman–Crippen LogP) is 2.48. The van der Waals surface area contributed by atoms with Crippen LogP contribution in [0.15, 0.2) is 12.1 Å². The summed E-state index contributed by atoms with van der Waals surface area (Å²) in [7, 11) is -0.404. The number of hydrogen-bond acceptors (Lipinski definition) is 4. The molecular formula is C18H27BClNO3. The second-order valence-electron chi connectivity index (χ2n) is 7.78.